The Balaban J connectivity index is 1.61. The topological polar surface area (TPSA) is 72.0 Å². The summed E-state index contributed by atoms with van der Waals surface area (Å²) in [5.41, 5.74) is 5.88. The molecule has 33 heavy (non-hydrogen) atoms. The summed E-state index contributed by atoms with van der Waals surface area (Å²) in [6, 6.07) is 11.5. The summed E-state index contributed by atoms with van der Waals surface area (Å²) in [5, 5.41) is 14.1. The predicted molar refractivity (Wildman–Crippen MR) is 132 cm³/mol. The number of carbonyl (C=O) groups is 1. The average molecular weight is 460 g/mol. The Labute approximate surface area is 196 Å². The maximum absolute atomic E-state index is 12.9. The number of carbonyl (C=O) groups excluding carboxylic acids is 1. The van der Waals surface area contributed by atoms with Gasteiger partial charge >= 0.3 is 5.97 Å². The Bertz CT molecular complexity index is 1360. The third-order valence-electron chi connectivity index (χ3n) is 6.06. The van der Waals surface area contributed by atoms with Crippen molar-refractivity contribution >= 4 is 39.5 Å². The fourth-order valence-corrected chi connectivity index (χ4v) is 5.32. The number of aromatic hydroxyl groups is 1. The highest BCUT2D eigenvalue weighted by Crippen LogP contribution is 2.40. The van der Waals surface area contributed by atoms with E-state index >= 15 is 0 Å². The van der Waals surface area contributed by atoms with Gasteiger partial charge in [0, 0.05) is 40.1 Å². The van der Waals surface area contributed by atoms with E-state index in [1.165, 1.54) is 11.3 Å². The largest absolute Gasteiger partial charge is 0.507 e. The molecule has 1 N–H and O–H groups in total. The zero-order valence-electron chi connectivity index (χ0n) is 18.7. The molecule has 5 nitrogen and oxygen atoms in total. The number of thiophene rings is 1. The van der Waals surface area contributed by atoms with Crippen LogP contribution < -0.4 is 0 Å². The van der Waals surface area contributed by atoms with Gasteiger partial charge in [0.1, 0.15) is 27.7 Å². The lowest BCUT2D eigenvalue weighted by Gasteiger charge is -2.10. The number of hydrogen-bond acceptors (Lipinski definition) is 6. The molecule has 0 radical (unpaired) electrons. The van der Waals surface area contributed by atoms with Crippen LogP contribution in [0.25, 0.3) is 22.1 Å². The smallest absolute Gasteiger partial charge is 0.341 e. The fourth-order valence-electron chi connectivity index (χ4n) is 4.41. The number of rotatable bonds is 5. The van der Waals surface area contributed by atoms with Crippen molar-refractivity contribution in [2.75, 3.05) is 6.61 Å². The van der Waals surface area contributed by atoms with E-state index in [-0.39, 0.29) is 12.4 Å². The molecule has 2 aromatic heterocycles. The van der Waals surface area contributed by atoms with Gasteiger partial charge in [-0.15, -0.1) is 11.3 Å². The van der Waals surface area contributed by atoms with Crippen LogP contribution in [-0.4, -0.2) is 23.9 Å². The molecule has 0 aliphatic heterocycles. The van der Waals surface area contributed by atoms with Crippen molar-refractivity contribution in [2.24, 2.45) is 4.99 Å². The molecule has 1 aliphatic carbocycles. The highest BCUT2D eigenvalue weighted by atomic mass is 32.1. The van der Waals surface area contributed by atoms with Gasteiger partial charge in [-0.05, 0) is 50.8 Å². The molecule has 0 bridgehead atoms. The van der Waals surface area contributed by atoms with Crippen LogP contribution >= 0.6 is 11.3 Å². The summed E-state index contributed by atoms with van der Waals surface area (Å²) in [4.78, 5) is 17.5. The standard InChI is InChI=1S/C27H25NO4S/c1-3-31-27(30)25-20(17-10-8-16(2)9-11-17)15-33-26(25)28-14-19-21(29)12-13-23-24(19)18-6-4-5-7-22(18)32-23/h8-15,29H,3-7H2,1-2H3/b28-14-. The first-order valence-corrected chi connectivity index (χ1v) is 12.1. The molecule has 168 valence electrons. The van der Waals surface area contributed by atoms with Gasteiger partial charge in [0.25, 0.3) is 0 Å². The molecule has 4 aromatic rings. The van der Waals surface area contributed by atoms with Crippen LogP contribution in [0.5, 0.6) is 5.75 Å². The predicted octanol–water partition coefficient (Wildman–Crippen LogP) is 6.98. The average Bonchev–Trinajstić information content (AvgIpc) is 3.41. The number of phenolic OH excluding ortho intramolecular Hbond substituents is 1. The van der Waals surface area contributed by atoms with Crippen LogP contribution in [-0.2, 0) is 17.6 Å². The van der Waals surface area contributed by atoms with Crippen LogP contribution in [0.1, 0.15) is 52.6 Å². The van der Waals surface area contributed by atoms with Gasteiger partial charge in [0.05, 0.1) is 6.61 Å². The molecule has 6 heteroatoms. The zero-order chi connectivity index (χ0) is 22.9. The van der Waals surface area contributed by atoms with Gasteiger partial charge < -0.3 is 14.3 Å². The van der Waals surface area contributed by atoms with E-state index < -0.39 is 5.97 Å². The van der Waals surface area contributed by atoms with Crippen LogP contribution in [0.2, 0.25) is 0 Å². The molecule has 0 saturated carbocycles. The number of ether oxygens (including phenoxy) is 1. The van der Waals surface area contributed by atoms with Crippen molar-refractivity contribution < 1.29 is 19.1 Å². The summed E-state index contributed by atoms with van der Waals surface area (Å²) >= 11 is 1.39. The lowest BCUT2D eigenvalue weighted by molar-refractivity contribution is 0.0529. The molecule has 5 rings (SSSR count). The number of esters is 1. The Morgan fingerprint density at radius 3 is 2.76 bits per heavy atom. The van der Waals surface area contributed by atoms with Crippen molar-refractivity contribution in [1.29, 1.82) is 0 Å². The van der Waals surface area contributed by atoms with E-state index in [9.17, 15) is 9.90 Å². The lowest BCUT2D eigenvalue weighted by Crippen LogP contribution is -2.05. The van der Waals surface area contributed by atoms with Crippen molar-refractivity contribution in [3.8, 4) is 16.9 Å². The SMILES string of the molecule is CCOC(=O)c1c(-c2ccc(C)cc2)csc1/N=C\c1c(O)ccc2oc3c(c12)CCCC3. The lowest BCUT2D eigenvalue weighted by atomic mass is 9.94. The number of aliphatic imine (C=N–C) groups is 1. The minimum absolute atomic E-state index is 0.147. The monoisotopic (exact) mass is 459 g/mol. The van der Waals surface area contributed by atoms with Gasteiger partial charge in [-0.3, -0.25) is 0 Å². The first-order valence-electron chi connectivity index (χ1n) is 11.2. The molecule has 0 saturated heterocycles. The molecule has 0 spiro atoms. The summed E-state index contributed by atoms with van der Waals surface area (Å²) in [6.07, 6.45) is 5.71. The minimum atomic E-state index is -0.399. The van der Waals surface area contributed by atoms with Gasteiger partial charge in [-0.2, -0.15) is 0 Å². The highest BCUT2D eigenvalue weighted by Gasteiger charge is 2.23. The fraction of sp³-hybridized carbons (Fsp3) is 0.259. The minimum Gasteiger partial charge on any atom is -0.507 e. The van der Waals surface area contributed by atoms with Gasteiger partial charge in [-0.1, -0.05) is 29.8 Å². The van der Waals surface area contributed by atoms with Crippen LogP contribution in [0.15, 0.2) is 51.2 Å². The highest BCUT2D eigenvalue weighted by molar-refractivity contribution is 7.14. The first-order chi connectivity index (χ1) is 16.1. The number of fused-ring (bicyclic) bond motifs is 3. The van der Waals surface area contributed by atoms with E-state index in [4.69, 9.17) is 9.15 Å². The maximum atomic E-state index is 12.9. The third kappa shape index (κ3) is 3.95. The molecule has 0 unspecified atom stereocenters. The second kappa shape index (κ2) is 8.87. The van der Waals surface area contributed by atoms with Crippen LogP contribution in [0, 0.1) is 6.92 Å². The number of furan rings is 1. The van der Waals surface area contributed by atoms with Gasteiger partial charge in [-0.25, -0.2) is 9.79 Å². The van der Waals surface area contributed by atoms with Crippen LogP contribution in [0.3, 0.4) is 0 Å². The molecule has 0 fully saturated rings. The van der Waals surface area contributed by atoms with E-state index in [2.05, 4.69) is 4.99 Å². The first kappa shape index (κ1) is 21.5. The molecular formula is C27H25NO4S. The number of phenols is 1. The van der Waals surface area contributed by atoms with E-state index in [0.717, 1.165) is 64.7 Å². The van der Waals surface area contributed by atoms with E-state index in [0.29, 0.717) is 16.1 Å². The van der Waals surface area contributed by atoms with Crippen molar-refractivity contribution in [2.45, 2.75) is 39.5 Å². The second-order valence-corrected chi connectivity index (χ2v) is 9.11. The van der Waals surface area contributed by atoms with Crippen molar-refractivity contribution in [3.63, 3.8) is 0 Å². The van der Waals surface area contributed by atoms with Gasteiger partial charge in [0.2, 0.25) is 0 Å². The zero-order valence-corrected chi connectivity index (χ0v) is 19.5. The maximum Gasteiger partial charge on any atom is 0.341 e. The third-order valence-corrected chi connectivity index (χ3v) is 6.95. The van der Waals surface area contributed by atoms with E-state index in [1.54, 1.807) is 19.2 Å². The van der Waals surface area contributed by atoms with Crippen molar-refractivity contribution in [3.05, 3.63) is 69.8 Å². The molecule has 2 heterocycles. The summed E-state index contributed by atoms with van der Waals surface area (Å²) in [5.74, 6) is 0.750. The normalized spacial score (nSPS) is 13.5. The number of benzene rings is 2. The van der Waals surface area contributed by atoms with E-state index in [1.807, 2.05) is 42.6 Å². The molecule has 1 aliphatic rings. The Kier molecular flexibility index (Phi) is 5.77. The summed E-state index contributed by atoms with van der Waals surface area (Å²) in [6.45, 7) is 4.10. The van der Waals surface area contributed by atoms with Crippen LogP contribution in [0.4, 0.5) is 5.00 Å². The van der Waals surface area contributed by atoms with Gasteiger partial charge in [0.15, 0.2) is 0 Å². The molecule has 0 amide bonds. The number of hydrogen-bond donors (Lipinski definition) is 1. The quantitative estimate of drug-likeness (QED) is 0.258. The summed E-state index contributed by atoms with van der Waals surface area (Å²) in [7, 11) is 0. The Morgan fingerprint density at radius 2 is 1.97 bits per heavy atom. The number of nitrogens with zero attached hydrogens (tertiary/aromatic N) is 1. The second-order valence-electron chi connectivity index (χ2n) is 8.26. The molecule has 0 atom stereocenters. The van der Waals surface area contributed by atoms with Crippen molar-refractivity contribution in [1.82, 2.24) is 0 Å². The number of aryl methyl sites for hydroxylation is 3. The Hall–Kier alpha value is -3.38. The Morgan fingerprint density at radius 1 is 1.18 bits per heavy atom. The summed E-state index contributed by atoms with van der Waals surface area (Å²) < 4.78 is 11.4. The molecule has 2 aromatic carbocycles. The molecular weight excluding hydrogens is 434 g/mol.